The number of carboxylic acids is 1. The topological polar surface area (TPSA) is 134 Å². The second kappa shape index (κ2) is 6.33. The molecular weight excluding hydrogens is 244 g/mol. The number of urea groups is 1. The van der Waals surface area contributed by atoms with Crippen LogP contribution in [0.1, 0.15) is 25.2 Å². The predicted molar refractivity (Wildman–Crippen MR) is 57.7 cm³/mol. The summed E-state index contributed by atoms with van der Waals surface area (Å²) in [4.78, 5) is 32.6. The Hall–Kier alpha value is -2.45. The summed E-state index contributed by atoms with van der Waals surface area (Å²) in [6.07, 6.45) is -0.0193. The van der Waals surface area contributed by atoms with Gasteiger partial charge in [0.05, 0.1) is 0 Å². The number of rotatable bonds is 5. The molecule has 0 fully saturated rings. The first-order chi connectivity index (χ1) is 8.47. The average molecular weight is 256 g/mol. The lowest BCUT2D eigenvalue weighted by Crippen LogP contribution is -2.34. The summed E-state index contributed by atoms with van der Waals surface area (Å²) in [5, 5.41) is 19.5. The van der Waals surface area contributed by atoms with Gasteiger partial charge in [-0.1, -0.05) is 5.10 Å². The molecular formula is C9H12N4O5. The molecule has 0 bridgehead atoms. The second-order valence-electron chi connectivity index (χ2n) is 3.38. The molecule has 1 aromatic heterocycles. The summed E-state index contributed by atoms with van der Waals surface area (Å²) in [6.45, 7) is 1.55. The molecule has 0 spiro atoms. The van der Waals surface area contributed by atoms with Crippen LogP contribution in [-0.4, -0.2) is 33.2 Å². The van der Waals surface area contributed by atoms with Gasteiger partial charge in [-0.15, -0.1) is 5.10 Å². The van der Waals surface area contributed by atoms with Crippen molar-refractivity contribution in [2.75, 3.05) is 5.32 Å². The zero-order valence-electron chi connectivity index (χ0n) is 9.60. The molecule has 0 aliphatic rings. The first-order valence-electron chi connectivity index (χ1n) is 5.10. The largest absolute Gasteiger partial charge is 0.481 e. The lowest BCUT2D eigenvalue weighted by molar-refractivity contribution is -0.137. The Kier molecular flexibility index (Phi) is 4.78. The number of hydrogen-bond donors (Lipinski definition) is 3. The normalized spacial score (nSPS) is 9.83. The van der Waals surface area contributed by atoms with Gasteiger partial charge in [0.15, 0.2) is 0 Å². The van der Waals surface area contributed by atoms with E-state index >= 15 is 0 Å². The number of aryl methyl sites for hydroxylation is 1. The minimum atomic E-state index is -0.992. The van der Waals surface area contributed by atoms with E-state index in [1.807, 2.05) is 5.32 Å². The van der Waals surface area contributed by atoms with Crippen molar-refractivity contribution in [1.29, 1.82) is 0 Å². The Bertz CT molecular complexity index is 456. The summed E-state index contributed by atoms with van der Waals surface area (Å²) < 4.78 is 4.87. The number of hydrogen-bond acceptors (Lipinski definition) is 6. The van der Waals surface area contributed by atoms with Gasteiger partial charge in [-0.2, -0.15) is 0 Å². The number of nitrogens with one attached hydrogen (secondary N) is 2. The highest BCUT2D eigenvalue weighted by Gasteiger charge is 2.11. The molecule has 3 amide bonds. The van der Waals surface area contributed by atoms with Gasteiger partial charge in [0, 0.05) is 19.8 Å². The fourth-order valence-electron chi connectivity index (χ4n) is 1.06. The molecule has 0 unspecified atom stereocenters. The van der Waals surface area contributed by atoms with Crippen LogP contribution >= 0.6 is 0 Å². The smallest absolute Gasteiger partial charge is 0.329 e. The minimum Gasteiger partial charge on any atom is -0.481 e. The van der Waals surface area contributed by atoms with Crippen molar-refractivity contribution < 1.29 is 23.9 Å². The molecule has 0 radical (unpaired) electrons. The molecule has 1 aromatic rings. The van der Waals surface area contributed by atoms with Gasteiger partial charge < -0.3 is 9.52 Å². The molecule has 98 valence electrons. The highest BCUT2D eigenvalue weighted by atomic mass is 16.4. The SMILES string of the molecule is Cc1nnc(NC(=O)NC(=O)CCCC(=O)O)o1. The number of carbonyl (C=O) groups excluding carboxylic acids is 2. The standard InChI is InChI=1S/C9H12N4O5/c1-5-12-13-9(18-5)11-8(17)10-6(14)3-2-4-7(15)16/h2-4H2,1H3,(H,15,16)(H2,10,11,13,14,17). The van der Waals surface area contributed by atoms with Crippen LogP contribution in [0.25, 0.3) is 0 Å². The molecule has 1 rings (SSSR count). The zero-order valence-corrected chi connectivity index (χ0v) is 9.60. The number of nitrogens with zero attached hydrogens (tertiary/aromatic N) is 2. The van der Waals surface area contributed by atoms with Crippen LogP contribution in [0.3, 0.4) is 0 Å². The van der Waals surface area contributed by atoms with E-state index in [1.54, 1.807) is 6.92 Å². The average Bonchev–Trinajstić information content (AvgIpc) is 2.62. The van der Waals surface area contributed by atoms with Crippen molar-refractivity contribution in [2.24, 2.45) is 0 Å². The van der Waals surface area contributed by atoms with E-state index in [4.69, 9.17) is 9.52 Å². The summed E-state index contributed by atoms with van der Waals surface area (Å²) in [5.41, 5.74) is 0. The fourth-order valence-corrected chi connectivity index (χ4v) is 1.06. The fraction of sp³-hybridized carbons (Fsp3) is 0.444. The number of carbonyl (C=O) groups is 3. The third-order valence-corrected chi connectivity index (χ3v) is 1.79. The molecule has 3 N–H and O–H groups in total. The molecule has 18 heavy (non-hydrogen) atoms. The maximum Gasteiger partial charge on any atom is 0.329 e. The number of imide groups is 1. The molecule has 9 heteroatoms. The molecule has 9 nitrogen and oxygen atoms in total. The minimum absolute atomic E-state index is 0.0530. The van der Waals surface area contributed by atoms with E-state index < -0.39 is 17.9 Å². The summed E-state index contributed by atoms with van der Waals surface area (Å²) in [7, 11) is 0. The Morgan fingerprint density at radius 1 is 1.28 bits per heavy atom. The van der Waals surface area contributed by atoms with Gasteiger partial charge in [0.1, 0.15) is 0 Å². The first-order valence-corrected chi connectivity index (χ1v) is 5.10. The van der Waals surface area contributed by atoms with Crippen LogP contribution in [0.4, 0.5) is 10.8 Å². The summed E-state index contributed by atoms with van der Waals surface area (Å²) in [6, 6.07) is -0.928. The quantitative estimate of drug-likeness (QED) is 0.688. The van der Waals surface area contributed by atoms with Gasteiger partial charge in [0.2, 0.25) is 11.8 Å². The lowest BCUT2D eigenvalue weighted by Gasteiger charge is -2.02. The van der Waals surface area contributed by atoms with Crippen LogP contribution < -0.4 is 10.6 Å². The van der Waals surface area contributed by atoms with Crippen molar-refractivity contribution in [3.63, 3.8) is 0 Å². The monoisotopic (exact) mass is 256 g/mol. The van der Waals surface area contributed by atoms with Crippen molar-refractivity contribution in [3.05, 3.63) is 5.89 Å². The van der Waals surface area contributed by atoms with Gasteiger partial charge in [-0.3, -0.25) is 20.2 Å². The van der Waals surface area contributed by atoms with E-state index in [-0.39, 0.29) is 31.2 Å². The second-order valence-corrected chi connectivity index (χ2v) is 3.38. The van der Waals surface area contributed by atoms with Crippen LogP contribution in [-0.2, 0) is 9.59 Å². The maximum absolute atomic E-state index is 11.2. The third-order valence-electron chi connectivity index (χ3n) is 1.79. The van der Waals surface area contributed by atoms with E-state index in [2.05, 4.69) is 15.5 Å². The Morgan fingerprint density at radius 3 is 2.56 bits per heavy atom. The zero-order chi connectivity index (χ0) is 13.5. The van der Waals surface area contributed by atoms with Crippen molar-refractivity contribution in [2.45, 2.75) is 26.2 Å². The summed E-state index contributed by atoms with van der Waals surface area (Å²) in [5.74, 6) is -1.29. The highest BCUT2D eigenvalue weighted by Crippen LogP contribution is 2.03. The highest BCUT2D eigenvalue weighted by molar-refractivity contribution is 6.00. The van der Waals surface area contributed by atoms with Crippen LogP contribution in [0, 0.1) is 6.92 Å². The maximum atomic E-state index is 11.2. The Balaban J connectivity index is 2.27. The van der Waals surface area contributed by atoms with E-state index in [9.17, 15) is 14.4 Å². The number of anilines is 1. The van der Waals surface area contributed by atoms with Gasteiger partial charge in [-0.25, -0.2) is 4.79 Å². The van der Waals surface area contributed by atoms with Crippen LogP contribution in [0.2, 0.25) is 0 Å². The Labute approximate surface area is 102 Å². The molecule has 0 saturated heterocycles. The number of carboxylic acid groups (broad SMARTS) is 1. The molecule has 0 atom stereocenters. The Morgan fingerprint density at radius 2 is 2.00 bits per heavy atom. The summed E-state index contributed by atoms with van der Waals surface area (Å²) >= 11 is 0. The van der Waals surface area contributed by atoms with Crippen molar-refractivity contribution in [3.8, 4) is 0 Å². The third kappa shape index (κ3) is 5.05. The number of amides is 3. The van der Waals surface area contributed by atoms with E-state index in [1.165, 1.54) is 0 Å². The van der Waals surface area contributed by atoms with E-state index in [0.29, 0.717) is 0 Å². The number of aliphatic carboxylic acids is 1. The van der Waals surface area contributed by atoms with Crippen molar-refractivity contribution >= 4 is 23.9 Å². The van der Waals surface area contributed by atoms with Gasteiger partial charge >= 0.3 is 18.0 Å². The van der Waals surface area contributed by atoms with Crippen LogP contribution in [0.5, 0.6) is 0 Å². The van der Waals surface area contributed by atoms with Gasteiger partial charge in [-0.05, 0) is 6.42 Å². The number of aromatic nitrogens is 2. The van der Waals surface area contributed by atoms with Crippen LogP contribution in [0.15, 0.2) is 4.42 Å². The lowest BCUT2D eigenvalue weighted by atomic mass is 10.2. The van der Waals surface area contributed by atoms with E-state index in [0.717, 1.165) is 0 Å². The first kappa shape index (κ1) is 13.6. The predicted octanol–water partition coefficient (Wildman–Crippen LogP) is 0.281. The van der Waals surface area contributed by atoms with Gasteiger partial charge in [0.25, 0.3) is 0 Å². The molecule has 0 aliphatic carbocycles. The van der Waals surface area contributed by atoms with Crippen molar-refractivity contribution in [1.82, 2.24) is 15.5 Å². The molecule has 0 saturated carbocycles. The molecule has 0 aliphatic heterocycles. The molecule has 0 aromatic carbocycles. The molecule has 1 heterocycles.